The van der Waals surface area contributed by atoms with E-state index in [2.05, 4.69) is 19.9 Å². The van der Waals surface area contributed by atoms with Crippen LogP contribution in [0.25, 0.3) is 5.82 Å². The summed E-state index contributed by atoms with van der Waals surface area (Å²) in [6.45, 7) is 3.05. The predicted molar refractivity (Wildman–Crippen MR) is 76.6 cm³/mol. The van der Waals surface area contributed by atoms with Crippen molar-refractivity contribution in [1.29, 1.82) is 0 Å². The summed E-state index contributed by atoms with van der Waals surface area (Å²) >= 11 is 0. The number of carbonyl (C=O) groups excluding carboxylic acids is 1. The maximum Gasteiger partial charge on any atom is 0.231 e. The maximum atomic E-state index is 11.2. The standard InChI is InChI=1S/C14H18N6O/c1-10-17-4-6-20(10)14-8-16-7-11(18-14)12-3-2-5-19(12)9-13(15)21/h4,6-8,12H,2-3,5,9H2,1H3,(H2,15,21)/t12-/m0/s1. The summed E-state index contributed by atoms with van der Waals surface area (Å²) in [5.41, 5.74) is 6.18. The van der Waals surface area contributed by atoms with Crippen LogP contribution in [0.1, 0.15) is 30.4 Å². The number of nitrogens with zero attached hydrogens (tertiary/aromatic N) is 5. The predicted octanol–water partition coefficient (Wildman–Crippen LogP) is 0.593. The monoisotopic (exact) mass is 286 g/mol. The molecule has 2 aromatic heterocycles. The van der Waals surface area contributed by atoms with Crippen LogP contribution in [0, 0.1) is 6.92 Å². The number of imidazole rings is 1. The minimum absolute atomic E-state index is 0.105. The number of likely N-dealkylation sites (tertiary alicyclic amines) is 1. The summed E-state index contributed by atoms with van der Waals surface area (Å²) in [6.07, 6.45) is 9.07. The first-order valence-electron chi connectivity index (χ1n) is 7.00. The number of amides is 1. The molecule has 0 saturated carbocycles. The highest BCUT2D eigenvalue weighted by molar-refractivity contribution is 5.76. The van der Waals surface area contributed by atoms with Crippen molar-refractivity contribution < 1.29 is 4.79 Å². The maximum absolute atomic E-state index is 11.2. The van der Waals surface area contributed by atoms with Crippen molar-refractivity contribution in [2.24, 2.45) is 5.73 Å². The highest BCUT2D eigenvalue weighted by Crippen LogP contribution is 2.30. The SMILES string of the molecule is Cc1nccn1-c1cncc([C@@H]2CCCN2CC(N)=O)n1. The van der Waals surface area contributed by atoms with Crippen LogP contribution < -0.4 is 5.73 Å². The van der Waals surface area contributed by atoms with Gasteiger partial charge >= 0.3 is 0 Å². The Balaban J connectivity index is 1.89. The molecular formula is C14H18N6O. The summed E-state index contributed by atoms with van der Waals surface area (Å²) in [5.74, 6) is 1.30. The van der Waals surface area contributed by atoms with Crippen molar-refractivity contribution in [3.63, 3.8) is 0 Å². The van der Waals surface area contributed by atoms with E-state index in [-0.39, 0.29) is 18.5 Å². The molecule has 1 aliphatic rings. The molecule has 0 spiro atoms. The molecule has 0 aromatic carbocycles. The molecule has 2 N–H and O–H groups in total. The third kappa shape index (κ3) is 2.78. The van der Waals surface area contributed by atoms with Crippen LogP contribution in [-0.4, -0.2) is 43.4 Å². The number of hydrogen-bond donors (Lipinski definition) is 1. The van der Waals surface area contributed by atoms with Gasteiger partial charge in [0.05, 0.1) is 30.7 Å². The molecular weight excluding hydrogens is 268 g/mol. The van der Waals surface area contributed by atoms with Crippen LogP contribution in [0.5, 0.6) is 0 Å². The molecule has 0 unspecified atom stereocenters. The van der Waals surface area contributed by atoms with E-state index in [1.54, 1.807) is 18.6 Å². The highest BCUT2D eigenvalue weighted by atomic mass is 16.1. The van der Waals surface area contributed by atoms with Crippen molar-refractivity contribution >= 4 is 5.91 Å². The zero-order chi connectivity index (χ0) is 14.8. The van der Waals surface area contributed by atoms with Gasteiger partial charge in [-0.25, -0.2) is 9.97 Å². The van der Waals surface area contributed by atoms with E-state index in [0.29, 0.717) is 0 Å². The first kappa shape index (κ1) is 13.7. The Bertz CT molecular complexity index is 652. The van der Waals surface area contributed by atoms with Gasteiger partial charge in [0.2, 0.25) is 5.91 Å². The van der Waals surface area contributed by atoms with E-state index in [1.165, 1.54) is 0 Å². The number of aromatic nitrogens is 4. The van der Waals surface area contributed by atoms with Crippen LogP contribution in [0.15, 0.2) is 24.8 Å². The second kappa shape index (κ2) is 5.61. The van der Waals surface area contributed by atoms with Gasteiger partial charge in [0.25, 0.3) is 0 Å². The molecule has 0 aliphatic carbocycles. The molecule has 0 bridgehead atoms. The minimum Gasteiger partial charge on any atom is -0.369 e. The van der Waals surface area contributed by atoms with Crippen molar-refractivity contribution in [3.05, 3.63) is 36.3 Å². The van der Waals surface area contributed by atoms with Crippen LogP contribution in [0.4, 0.5) is 0 Å². The van der Waals surface area contributed by atoms with Gasteiger partial charge in [-0.15, -0.1) is 0 Å². The number of primary amides is 1. The minimum atomic E-state index is -0.309. The van der Waals surface area contributed by atoms with Crippen LogP contribution >= 0.6 is 0 Å². The van der Waals surface area contributed by atoms with E-state index >= 15 is 0 Å². The molecule has 3 rings (SSSR count). The van der Waals surface area contributed by atoms with Crippen molar-refractivity contribution in [2.75, 3.05) is 13.1 Å². The molecule has 21 heavy (non-hydrogen) atoms. The molecule has 3 heterocycles. The first-order chi connectivity index (χ1) is 10.1. The Labute approximate surface area is 122 Å². The van der Waals surface area contributed by atoms with Gasteiger partial charge in [-0.2, -0.15) is 0 Å². The van der Waals surface area contributed by atoms with Gasteiger partial charge in [0.1, 0.15) is 5.82 Å². The second-order valence-electron chi connectivity index (χ2n) is 5.24. The number of carbonyl (C=O) groups is 1. The van der Waals surface area contributed by atoms with Crippen LogP contribution in [0.3, 0.4) is 0 Å². The lowest BCUT2D eigenvalue weighted by atomic mass is 10.1. The summed E-state index contributed by atoms with van der Waals surface area (Å²) in [4.78, 5) is 26.4. The molecule has 1 saturated heterocycles. The molecule has 2 aromatic rings. The Kier molecular flexibility index (Phi) is 3.66. The first-order valence-corrected chi connectivity index (χ1v) is 7.00. The zero-order valence-electron chi connectivity index (χ0n) is 11.9. The number of nitrogens with two attached hydrogens (primary N) is 1. The average Bonchev–Trinajstić information content (AvgIpc) is 3.07. The summed E-state index contributed by atoms with van der Waals surface area (Å²) < 4.78 is 1.89. The number of rotatable bonds is 4. The van der Waals surface area contributed by atoms with E-state index < -0.39 is 0 Å². The van der Waals surface area contributed by atoms with Gasteiger partial charge in [0.15, 0.2) is 5.82 Å². The lowest BCUT2D eigenvalue weighted by Gasteiger charge is -2.22. The van der Waals surface area contributed by atoms with Crippen molar-refractivity contribution in [2.45, 2.75) is 25.8 Å². The molecule has 7 heteroatoms. The molecule has 1 fully saturated rings. The number of hydrogen-bond acceptors (Lipinski definition) is 5. The Morgan fingerprint density at radius 3 is 3.05 bits per heavy atom. The Hall–Kier alpha value is -2.28. The Morgan fingerprint density at radius 1 is 1.48 bits per heavy atom. The molecule has 1 aliphatic heterocycles. The quantitative estimate of drug-likeness (QED) is 0.888. The van der Waals surface area contributed by atoms with E-state index in [1.807, 2.05) is 17.7 Å². The van der Waals surface area contributed by atoms with Crippen molar-refractivity contribution in [3.8, 4) is 5.82 Å². The molecule has 1 atom stereocenters. The molecule has 7 nitrogen and oxygen atoms in total. The lowest BCUT2D eigenvalue weighted by Crippen LogP contribution is -2.33. The third-order valence-electron chi connectivity index (χ3n) is 3.78. The van der Waals surface area contributed by atoms with Gasteiger partial charge < -0.3 is 5.73 Å². The second-order valence-corrected chi connectivity index (χ2v) is 5.24. The summed E-state index contributed by atoms with van der Waals surface area (Å²) in [6, 6.07) is 0.105. The van der Waals surface area contributed by atoms with Crippen molar-refractivity contribution in [1.82, 2.24) is 24.4 Å². The van der Waals surface area contributed by atoms with Gasteiger partial charge in [-0.05, 0) is 26.3 Å². The lowest BCUT2D eigenvalue weighted by molar-refractivity contribution is -0.119. The fourth-order valence-electron chi connectivity index (χ4n) is 2.82. The summed E-state index contributed by atoms with van der Waals surface area (Å²) in [7, 11) is 0. The largest absolute Gasteiger partial charge is 0.369 e. The highest BCUT2D eigenvalue weighted by Gasteiger charge is 2.28. The number of aryl methyl sites for hydroxylation is 1. The van der Waals surface area contributed by atoms with E-state index in [4.69, 9.17) is 5.73 Å². The average molecular weight is 286 g/mol. The molecule has 110 valence electrons. The van der Waals surface area contributed by atoms with Crippen LogP contribution in [0.2, 0.25) is 0 Å². The van der Waals surface area contributed by atoms with Crippen LogP contribution in [-0.2, 0) is 4.79 Å². The third-order valence-corrected chi connectivity index (χ3v) is 3.78. The van der Waals surface area contributed by atoms with E-state index in [0.717, 1.165) is 36.7 Å². The fourth-order valence-corrected chi connectivity index (χ4v) is 2.82. The zero-order valence-corrected chi connectivity index (χ0v) is 11.9. The fraction of sp³-hybridized carbons (Fsp3) is 0.429. The summed E-state index contributed by atoms with van der Waals surface area (Å²) in [5, 5.41) is 0. The smallest absolute Gasteiger partial charge is 0.231 e. The van der Waals surface area contributed by atoms with Gasteiger partial charge in [-0.1, -0.05) is 0 Å². The van der Waals surface area contributed by atoms with Gasteiger partial charge in [0, 0.05) is 12.4 Å². The molecule has 1 amide bonds. The Morgan fingerprint density at radius 2 is 2.33 bits per heavy atom. The normalized spacial score (nSPS) is 19.0. The topological polar surface area (TPSA) is 89.9 Å². The van der Waals surface area contributed by atoms with E-state index in [9.17, 15) is 4.79 Å². The van der Waals surface area contributed by atoms with Gasteiger partial charge in [-0.3, -0.25) is 19.2 Å². The molecule has 0 radical (unpaired) electrons.